The Morgan fingerprint density at radius 1 is 1.26 bits per heavy atom. The van der Waals surface area contributed by atoms with Gasteiger partial charge in [-0.15, -0.1) is 0 Å². The third kappa shape index (κ3) is 2.71. The van der Waals surface area contributed by atoms with E-state index >= 15 is 0 Å². The zero-order valence-corrected chi connectivity index (χ0v) is 12.7. The van der Waals surface area contributed by atoms with Crippen molar-refractivity contribution in [1.82, 2.24) is 9.97 Å². The Labute approximate surface area is 126 Å². The lowest BCUT2D eigenvalue weighted by Gasteiger charge is -2.18. The molecule has 1 N–H and O–H groups in total. The third-order valence-corrected chi connectivity index (χ3v) is 4.85. The Bertz CT molecular complexity index is 674. The summed E-state index contributed by atoms with van der Waals surface area (Å²) in [5.41, 5.74) is -0.129. The molecule has 0 unspecified atom stereocenters. The molecule has 0 atom stereocenters. The molecule has 0 radical (unpaired) electrons. The molecule has 7 heteroatoms. The molecule has 0 saturated carbocycles. The molecule has 1 aromatic heterocycles. The Balaban J connectivity index is 1.91. The standard InChI is InChI=1S/C12H9IN2O3S/c13-10-11(16)14-6-15-12(10)19-7-1-2-8-9(5-7)18-4-3-17-8/h1-2,5-6H,3-4H2,(H,14,15,16). The second-order valence-electron chi connectivity index (χ2n) is 3.76. The average molecular weight is 388 g/mol. The van der Waals surface area contributed by atoms with Crippen LogP contribution in [0.15, 0.2) is 39.2 Å². The van der Waals surface area contributed by atoms with E-state index in [9.17, 15) is 4.79 Å². The highest BCUT2D eigenvalue weighted by Crippen LogP contribution is 2.36. The number of nitrogens with zero attached hydrogens (tertiary/aromatic N) is 1. The number of fused-ring (bicyclic) bond motifs is 1. The van der Waals surface area contributed by atoms with Gasteiger partial charge in [0.2, 0.25) is 0 Å². The van der Waals surface area contributed by atoms with Crippen LogP contribution in [0.4, 0.5) is 0 Å². The second-order valence-corrected chi connectivity index (χ2v) is 5.90. The van der Waals surface area contributed by atoms with Gasteiger partial charge in [-0.1, -0.05) is 11.8 Å². The Kier molecular flexibility index (Phi) is 3.65. The molecule has 2 heterocycles. The van der Waals surface area contributed by atoms with Crippen molar-refractivity contribution in [1.29, 1.82) is 0 Å². The first-order valence-corrected chi connectivity index (χ1v) is 7.44. The topological polar surface area (TPSA) is 64.2 Å². The lowest BCUT2D eigenvalue weighted by atomic mass is 10.3. The van der Waals surface area contributed by atoms with Gasteiger partial charge in [-0.25, -0.2) is 4.98 Å². The summed E-state index contributed by atoms with van der Waals surface area (Å²) in [4.78, 5) is 19.2. The van der Waals surface area contributed by atoms with Crippen LogP contribution in [0, 0.1) is 3.57 Å². The molecule has 5 nitrogen and oxygen atoms in total. The van der Waals surface area contributed by atoms with E-state index in [1.165, 1.54) is 18.1 Å². The summed E-state index contributed by atoms with van der Waals surface area (Å²) in [5.74, 6) is 1.49. The maximum atomic E-state index is 11.5. The molecule has 0 bridgehead atoms. The number of ether oxygens (including phenoxy) is 2. The first-order valence-electron chi connectivity index (χ1n) is 5.55. The molecule has 1 aliphatic rings. The molecule has 19 heavy (non-hydrogen) atoms. The van der Waals surface area contributed by atoms with E-state index in [-0.39, 0.29) is 5.56 Å². The van der Waals surface area contributed by atoms with Crippen molar-refractivity contribution >= 4 is 34.4 Å². The van der Waals surface area contributed by atoms with Gasteiger partial charge >= 0.3 is 0 Å². The summed E-state index contributed by atoms with van der Waals surface area (Å²) in [6.07, 6.45) is 1.41. The quantitative estimate of drug-likeness (QED) is 0.632. The maximum Gasteiger partial charge on any atom is 0.265 e. The van der Waals surface area contributed by atoms with E-state index < -0.39 is 0 Å². The van der Waals surface area contributed by atoms with Crippen molar-refractivity contribution in [2.45, 2.75) is 9.92 Å². The molecule has 98 valence electrons. The predicted molar refractivity (Wildman–Crippen MR) is 79.1 cm³/mol. The minimum absolute atomic E-state index is 0.129. The number of benzene rings is 1. The summed E-state index contributed by atoms with van der Waals surface area (Å²) in [6.45, 7) is 1.13. The highest BCUT2D eigenvalue weighted by molar-refractivity contribution is 14.1. The summed E-state index contributed by atoms with van der Waals surface area (Å²) < 4.78 is 11.6. The molecular formula is C12H9IN2O3S. The van der Waals surface area contributed by atoms with Crippen LogP contribution in [-0.2, 0) is 0 Å². The molecule has 0 aliphatic carbocycles. The smallest absolute Gasteiger partial charge is 0.265 e. The lowest BCUT2D eigenvalue weighted by molar-refractivity contribution is 0.171. The van der Waals surface area contributed by atoms with Crippen LogP contribution >= 0.6 is 34.4 Å². The van der Waals surface area contributed by atoms with Gasteiger partial charge in [-0.3, -0.25) is 4.79 Å². The molecule has 0 fully saturated rings. The molecule has 0 saturated heterocycles. The first kappa shape index (κ1) is 12.8. The highest BCUT2D eigenvalue weighted by atomic mass is 127. The van der Waals surface area contributed by atoms with Crippen molar-refractivity contribution in [2.24, 2.45) is 0 Å². The third-order valence-electron chi connectivity index (χ3n) is 2.49. The van der Waals surface area contributed by atoms with E-state index in [1.807, 2.05) is 40.8 Å². The van der Waals surface area contributed by atoms with Crippen molar-refractivity contribution in [3.05, 3.63) is 38.5 Å². The Hall–Kier alpha value is -1.22. The number of aromatic nitrogens is 2. The Morgan fingerprint density at radius 2 is 2.05 bits per heavy atom. The van der Waals surface area contributed by atoms with Gasteiger partial charge in [0.15, 0.2) is 11.5 Å². The van der Waals surface area contributed by atoms with E-state index in [0.29, 0.717) is 21.8 Å². The monoisotopic (exact) mass is 388 g/mol. The van der Waals surface area contributed by atoms with Crippen LogP contribution in [0.5, 0.6) is 11.5 Å². The van der Waals surface area contributed by atoms with Gasteiger partial charge in [0, 0.05) is 4.90 Å². The van der Waals surface area contributed by atoms with Crippen molar-refractivity contribution in [3.63, 3.8) is 0 Å². The minimum atomic E-state index is -0.129. The van der Waals surface area contributed by atoms with Crippen molar-refractivity contribution < 1.29 is 9.47 Å². The van der Waals surface area contributed by atoms with Crippen molar-refractivity contribution in [3.8, 4) is 11.5 Å². The first-order chi connectivity index (χ1) is 9.24. The van der Waals surface area contributed by atoms with Crippen LogP contribution in [0.2, 0.25) is 0 Å². The van der Waals surface area contributed by atoms with Gasteiger partial charge in [-0.2, -0.15) is 0 Å². The SMILES string of the molecule is O=c1[nH]cnc(Sc2ccc3c(c2)OCCO3)c1I. The number of hydrogen-bond donors (Lipinski definition) is 1. The minimum Gasteiger partial charge on any atom is -0.486 e. The molecule has 2 aromatic rings. The molecular weight excluding hydrogens is 379 g/mol. The van der Waals surface area contributed by atoms with Crippen LogP contribution in [0.1, 0.15) is 0 Å². The van der Waals surface area contributed by atoms with Crippen LogP contribution in [-0.4, -0.2) is 23.2 Å². The van der Waals surface area contributed by atoms with Crippen LogP contribution in [0.25, 0.3) is 0 Å². The summed E-state index contributed by atoms with van der Waals surface area (Å²) in [6, 6.07) is 5.70. The van der Waals surface area contributed by atoms with Gasteiger partial charge in [0.1, 0.15) is 21.8 Å². The van der Waals surface area contributed by atoms with Gasteiger partial charge < -0.3 is 14.5 Å². The highest BCUT2D eigenvalue weighted by Gasteiger charge is 2.13. The van der Waals surface area contributed by atoms with Crippen LogP contribution in [0.3, 0.4) is 0 Å². The maximum absolute atomic E-state index is 11.5. The predicted octanol–water partition coefficient (Wildman–Crippen LogP) is 2.30. The normalized spacial score (nSPS) is 13.3. The largest absolute Gasteiger partial charge is 0.486 e. The second kappa shape index (κ2) is 5.41. The van der Waals surface area contributed by atoms with E-state index in [2.05, 4.69) is 9.97 Å². The van der Waals surface area contributed by atoms with E-state index in [4.69, 9.17) is 9.47 Å². The number of hydrogen-bond acceptors (Lipinski definition) is 5. The Morgan fingerprint density at radius 3 is 2.89 bits per heavy atom. The molecule has 1 aliphatic heterocycles. The number of nitrogens with one attached hydrogen (secondary N) is 1. The number of aromatic amines is 1. The molecule has 3 rings (SSSR count). The van der Waals surface area contributed by atoms with E-state index in [1.54, 1.807) is 0 Å². The zero-order valence-electron chi connectivity index (χ0n) is 9.68. The fraction of sp³-hybridized carbons (Fsp3) is 0.167. The van der Waals surface area contributed by atoms with Gasteiger partial charge in [-0.05, 0) is 40.8 Å². The summed E-state index contributed by atoms with van der Waals surface area (Å²) in [7, 11) is 0. The fourth-order valence-corrected chi connectivity index (χ4v) is 3.07. The van der Waals surface area contributed by atoms with Crippen molar-refractivity contribution in [2.75, 3.05) is 13.2 Å². The van der Waals surface area contributed by atoms with Gasteiger partial charge in [0.25, 0.3) is 5.56 Å². The van der Waals surface area contributed by atoms with Crippen LogP contribution < -0.4 is 15.0 Å². The number of halogens is 1. The average Bonchev–Trinajstić information content (AvgIpc) is 2.44. The fourth-order valence-electron chi connectivity index (χ4n) is 1.64. The molecule has 0 amide bonds. The molecule has 0 spiro atoms. The summed E-state index contributed by atoms with van der Waals surface area (Å²) >= 11 is 3.42. The zero-order chi connectivity index (χ0) is 13.2. The molecule has 1 aromatic carbocycles. The van der Waals surface area contributed by atoms with E-state index in [0.717, 1.165) is 16.4 Å². The summed E-state index contributed by atoms with van der Waals surface area (Å²) in [5, 5.41) is 0.682. The lowest BCUT2D eigenvalue weighted by Crippen LogP contribution is -2.15. The van der Waals surface area contributed by atoms with Gasteiger partial charge in [0.05, 0.1) is 6.33 Å². The number of rotatable bonds is 2. The number of H-pyrrole nitrogens is 1.